The molecule has 3 N–H and O–H groups in total. The summed E-state index contributed by atoms with van der Waals surface area (Å²) in [5, 5.41) is 0. The fourth-order valence-corrected chi connectivity index (χ4v) is 1.88. The van der Waals surface area contributed by atoms with E-state index >= 15 is 0 Å². The number of carbonyl (C=O) groups excluding carboxylic acids is 1. The summed E-state index contributed by atoms with van der Waals surface area (Å²) in [4.78, 5) is 26.9. The molecule has 0 saturated heterocycles. The van der Waals surface area contributed by atoms with Gasteiger partial charge in [0.1, 0.15) is 0 Å². The third kappa shape index (κ3) is 3.10. The summed E-state index contributed by atoms with van der Waals surface area (Å²) in [6, 6.07) is 8.90. The van der Waals surface area contributed by atoms with Crippen molar-refractivity contribution in [3.8, 4) is 0 Å². The first-order valence-corrected chi connectivity index (χ1v) is 6.21. The maximum atomic E-state index is 11.6. The van der Waals surface area contributed by atoms with E-state index in [0.29, 0.717) is 6.54 Å². The van der Waals surface area contributed by atoms with Crippen molar-refractivity contribution in [2.45, 2.75) is 19.4 Å². The van der Waals surface area contributed by atoms with Crippen molar-refractivity contribution < 1.29 is 4.79 Å². The summed E-state index contributed by atoms with van der Waals surface area (Å²) >= 11 is 0. The number of aromatic nitrogens is 2. The first-order chi connectivity index (χ1) is 9.61. The average molecular weight is 272 g/mol. The van der Waals surface area contributed by atoms with Gasteiger partial charge in [0, 0.05) is 12.3 Å². The SMILES string of the molecule is CC(C(=O)NN)c1ccc(Cn2cnccc2=O)cc1. The van der Waals surface area contributed by atoms with Crippen LogP contribution in [0.2, 0.25) is 0 Å². The molecule has 1 aromatic heterocycles. The first-order valence-electron chi connectivity index (χ1n) is 6.21. The van der Waals surface area contributed by atoms with E-state index in [4.69, 9.17) is 5.84 Å². The van der Waals surface area contributed by atoms with Crippen LogP contribution in [0.4, 0.5) is 0 Å². The zero-order valence-corrected chi connectivity index (χ0v) is 11.1. The minimum absolute atomic E-state index is 0.0973. The molecular formula is C14H16N4O2. The molecule has 0 saturated carbocycles. The number of carbonyl (C=O) groups is 1. The molecule has 1 atom stereocenters. The Morgan fingerprint density at radius 3 is 2.65 bits per heavy atom. The number of amides is 1. The highest BCUT2D eigenvalue weighted by Gasteiger charge is 2.13. The third-order valence-corrected chi connectivity index (χ3v) is 3.16. The van der Waals surface area contributed by atoms with Gasteiger partial charge in [-0.05, 0) is 18.1 Å². The molecule has 0 bridgehead atoms. The minimum Gasteiger partial charge on any atom is -0.295 e. The molecule has 2 rings (SSSR count). The highest BCUT2D eigenvalue weighted by molar-refractivity contribution is 5.82. The fourth-order valence-electron chi connectivity index (χ4n) is 1.88. The Morgan fingerprint density at radius 2 is 2.05 bits per heavy atom. The quantitative estimate of drug-likeness (QED) is 0.478. The molecule has 6 heteroatoms. The largest absolute Gasteiger partial charge is 0.295 e. The first kappa shape index (κ1) is 14.0. The van der Waals surface area contributed by atoms with Crippen molar-refractivity contribution in [2.24, 2.45) is 5.84 Å². The van der Waals surface area contributed by atoms with E-state index in [1.807, 2.05) is 24.3 Å². The number of hydrogen-bond donors (Lipinski definition) is 2. The molecule has 0 aliphatic carbocycles. The van der Waals surface area contributed by atoms with Gasteiger partial charge in [-0.2, -0.15) is 0 Å². The van der Waals surface area contributed by atoms with Crippen molar-refractivity contribution in [1.29, 1.82) is 0 Å². The van der Waals surface area contributed by atoms with E-state index in [2.05, 4.69) is 10.4 Å². The molecule has 20 heavy (non-hydrogen) atoms. The molecule has 6 nitrogen and oxygen atoms in total. The van der Waals surface area contributed by atoms with E-state index < -0.39 is 0 Å². The number of benzene rings is 1. The van der Waals surface area contributed by atoms with E-state index in [-0.39, 0.29) is 17.4 Å². The van der Waals surface area contributed by atoms with Crippen LogP contribution in [0.3, 0.4) is 0 Å². The van der Waals surface area contributed by atoms with Gasteiger partial charge in [-0.3, -0.25) is 19.6 Å². The predicted octanol–water partition coefficient (Wildman–Crippen LogP) is 0.385. The van der Waals surface area contributed by atoms with Crippen LogP contribution in [-0.4, -0.2) is 15.5 Å². The smallest absolute Gasteiger partial charge is 0.253 e. The molecule has 1 aromatic carbocycles. The van der Waals surface area contributed by atoms with Gasteiger partial charge in [0.15, 0.2) is 0 Å². The lowest BCUT2D eigenvalue weighted by molar-refractivity contribution is -0.122. The van der Waals surface area contributed by atoms with Crippen molar-refractivity contribution in [2.75, 3.05) is 0 Å². The molecule has 104 valence electrons. The standard InChI is InChI=1S/C14H16N4O2/c1-10(14(20)17-15)12-4-2-11(3-5-12)8-18-9-16-7-6-13(18)19/h2-7,9-10H,8,15H2,1H3,(H,17,20). The lowest BCUT2D eigenvalue weighted by atomic mass is 9.99. The van der Waals surface area contributed by atoms with Crippen LogP contribution in [0.15, 0.2) is 47.7 Å². The van der Waals surface area contributed by atoms with Crippen LogP contribution in [0, 0.1) is 0 Å². The second-order valence-electron chi connectivity index (χ2n) is 4.52. The zero-order valence-electron chi connectivity index (χ0n) is 11.1. The van der Waals surface area contributed by atoms with Gasteiger partial charge in [0.2, 0.25) is 5.91 Å². The van der Waals surface area contributed by atoms with Gasteiger partial charge in [-0.15, -0.1) is 0 Å². The lowest BCUT2D eigenvalue weighted by Gasteiger charge is -2.11. The third-order valence-electron chi connectivity index (χ3n) is 3.16. The molecule has 1 unspecified atom stereocenters. The minimum atomic E-state index is -0.310. The Balaban J connectivity index is 2.15. The van der Waals surface area contributed by atoms with Crippen molar-refractivity contribution in [3.63, 3.8) is 0 Å². The summed E-state index contributed by atoms with van der Waals surface area (Å²) in [5.41, 5.74) is 3.87. The summed E-state index contributed by atoms with van der Waals surface area (Å²) in [5.74, 6) is 4.57. The van der Waals surface area contributed by atoms with Gasteiger partial charge in [0.25, 0.3) is 5.56 Å². The van der Waals surface area contributed by atoms with Crippen molar-refractivity contribution in [1.82, 2.24) is 15.0 Å². The summed E-state index contributed by atoms with van der Waals surface area (Å²) < 4.78 is 1.52. The number of hydrogen-bond acceptors (Lipinski definition) is 4. The Morgan fingerprint density at radius 1 is 1.35 bits per heavy atom. The van der Waals surface area contributed by atoms with Crippen LogP contribution < -0.4 is 16.8 Å². The van der Waals surface area contributed by atoms with Crippen LogP contribution in [0.1, 0.15) is 24.0 Å². The molecular weight excluding hydrogens is 256 g/mol. The van der Waals surface area contributed by atoms with E-state index in [0.717, 1.165) is 11.1 Å². The normalized spacial score (nSPS) is 11.9. The number of rotatable bonds is 4. The van der Waals surface area contributed by atoms with Crippen LogP contribution in [0.25, 0.3) is 0 Å². The molecule has 2 aromatic rings. The molecule has 1 heterocycles. The maximum Gasteiger partial charge on any atom is 0.253 e. The molecule has 0 spiro atoms. The molecule has 0 radical (unpaired) electrons. The van der Waals surface area contributed by atoms with Crippen LogP contribution in [-0.2, 0) is 11.3 Å². The van der Waals surface area contributed by atoms with E-state index in [1.165, 1.54) is 23.2 Å². The lowest BCUT2D eigenvalue weighted by Crippen LogP contribution is -2.33. The predicted molar refractivity (Wildman–Crippen MR) is 74.8 cm³/mol. The number of hydrazine groups is 1. The molecule has 1 amide bonds. The summed E-state index contributed by atoms with van der Waals surface area (Å²) in [7, 11) is 0. The number of nitrogens with one attached hydrogen (secondary N) is 1. The van der Waals surface area contributed by atoms with Gasteiger partial charge >= 0.3 is 0 Å². The van der Waals surface area contributed by atoms with Gasteiger partial charge in [-0.25, -0.2) is 10.8 Å². The fraction of sp³-hybridized carbons (Fsp3) is 0.214. The van der Waals surface area contributed by atoms with Crippen LogP contribution in [0.5, 0.6) is 0 Å². The Kier molecular flexibility index (Phi) is 4.27. The van der Waals surface area contributed by atoms with Crippen molar-refractivity contribution in [3.05, 3.63) is 64.3 Å². The zero-order chi connectivity index (χ0) is 14.5. The topological polar surface area (TPSA) is 90.0 Å². The van der Waals surface area contributed by atoms with Gasteiger partial charge in [-0.1, -0.05) is 24.3 Å². The summed E-state index contributed by atoms with van der Waals surface area (Å²) in [6.07, 6.45) is 2.97. The van der Waals surface area contributed by atoms with Gasteiger partial charge in [0.05, 0.1) is 18.8 Å². The Hall–Kier alpha value is -2.47. The Labute approximate surface area is 116 Å². The van der Waals surface area contributed by atoms with Crippen molar-refractivity contribution >= 4 is 5.91 Å². The second-order valence-corrected chi connectivity index (χ2v) is 4.52. The number of nitrogens with two attached hydrogens (primary N) is 1. The van der Waals surface area contributed by atoms with E-state index in [1.54, 1.807) is 6.92 Å². The number of nitrogens with zero attached hydrogens (tertiary/aromatic N) is 2. The van der Waals surface area contributed by atoms with E-state index in [9.17, 15) is 9.59 Å². The highest BCUT2D eigenvalue weighted by Crippen LogP contribution is 2.16. The molecule has 0 aliphatic heterocycles. The van der Waals surface area contributed by atoms with Crippen LogP contribution >= 0.6 is 0 Å². The highest BCUT2D eigenvalue weighted by atomic mass is 16.2. The second kappa shape index (κ2) is 6.12. The summed E-state index contributed by atoms with van der Waals surface area (Å²) in [6.45, 7) is 2.23. The molecule has 0 fully saturated rings. The molecule has 0 aliphatic rings. The van der Waals surface area contributed by atoms with Gasteiger partial charge < -0.3 is 0 Å². The average Bonchev–Trinajstić information content (AvgIpc) is 2.49. The maximum absolute atomic E-state index is 11.6. The monoisotopic (exact) mass is 272 g/mol. The Bertz CT molecular complexity index is 649.